The first-order valence-electron chi connectivity index (χ1n) is 7.22. The van der Waals surface area contributed by atoms with Crippen molar-refractivity contribution >= 4 is 16.6 Å². The molecule has 0 saturated heterocycles. The second-order valence-corrected chi connectivity index (χ2v) is 5.00. The van der Waals surface area contributed by atoms with Gasteiger partial charge in [-0.15, -0.1) is 0 Å². The molecule has 21 heavy (non-hydrogen) atoms. The molecule has 4 heteroatoms. The Morgan fingerprint density at radius 3 is 2.62 bits per heavy atom. The van der Waals surface area contributed by atoms with Crippen molar-refractivity contribution in [2.24, 2.45) is 0 Å². The number of benzene rings is 1. The largest absolute Gasteiger partial charge is 0.392 e. The average Bonchev–Trinajstić information content (AvgIpc) is 2.92. The summed E-state index contributed by atoms with van der Waals surface area (Å²) in [5.41, 5.74) is 3.14. The predicted molar refractivity (Wildman–Crippen MR) is 85.1 cm³/mol. The molecule has 0 aliphatic heterocycles. The fourth-order valence-electron chi connectivity index (χ4n) is 2.65. The van der Waals surface area contributed by atoms with Crippen molar-refractivity contribution in [1.82, 2.24) is 9.66 Å². The second kappa shape index (κ2) is 5.97. The number of anilines is 1. The van der Waals surface area contributed by atoms with Crippen LogP contribution in [0, 0.1) is 0 Å². The minimum atomic E-state index is 0.0455. The van der Waals surface area contributed by atoms with Crippen LogP contribution in [0.15, 0.2) is 55.0 Å². The maximum Gasteiger partial charge on any atom is 0.0703 e. The van der Waals surface area contributed by atoms with Gasteiger partial charge >= 0.3 is 0 Å². The molecule has 0 aliphatic rings. The number of aliphatic hydroxyl groups excluding tert-OH is 1. The van der Waals surface area contributed by atoms with Gasteiger partial charge in [0.15, 0.2) is 0 Å². The molecule has 3 rings (SSSR count). The molecule has 0 atom stereocenters. The summed E-state index contributed by atoms with van der Waals surface area (Å²) in [6, 6.07) is 12.2. The van der Waals surface area contributed by atoms with Gasteiger partial charge in [-0.3, -0.25) is 14.7 Å². The Morgan fingerprint density at radius 2 is 1.90 bits per heavy atom. The zero-order valence-electron chi connectivity index (χ0n) is 12.1. The summed E-state index contributed by atoms with van der Waals surface area (Å²) in [5, 5.41) is 12.9. The van der Waals surface area contributed by atoms with Crippen molar-refractivity contribution in [1.29, 1.82) is 0 Å². The molecule has 0 aliphatic carbocycles. The molecule has 2 heterocycles. The van der Waals surface area contributed by atoms with Crippen LogP contribution in [0.3, 0.4) is 0 Å². The number of hydrogen-bond acceptors (Lipinski definition) is 3. The third-order valence-corrected chi connectivity index (χ3v) is 3.60. The van der Waals surface area contributed by atoms with Gasteiger partial charge in [-0.25, -0.2) is 0 Å². The smallest absolute Gasteiger partial charge is 0.0703 e. The molecule has 4 nitrogen and oxygen atoms in total. The maximum atomic E-state index is 9.59. The summed E-state index contributed by atoms with van der Waals surface area (Å²) < 4.78 is 2.12. The highest BCUT2D eigenvalue weighted by Crippen LogP contribution is 2.25. The van der Waals surface area contributed by atoms with E-state index in [0.29, 0.717) is 0 Å². The van der Waals surface area contributed by atoms with Gasteiger partial charge in [0.1, 0.15) is 0 Å². The van der Waals surface area contributed by atoms with E-state index in [1.807, 2.05) is 36.5 Å². The molecule has 0 radical (unpaired) electrons. The third-order valence-electron chi connectivity index (χ3n) is 3.60. The number of aliphatic hydroxyl groups is 1. The first-order valence-corrected chi connectivity index (χ1v) is 7.22. The Bertz CT molecular complexity index is 721. The topological polar surface area (TPSA) is 41.3 Å². The number of rotatable bonds is 5. The van der Waals surface area contributed by atoms with Gasteiger partial charge in [0.25, 0.3) is 0 Å². The number of nitrogens with zero attached hydrogens (tertiary/aromatic N) is 3. The Hall–Kier alpha value is -2.33. The van der Waals surface area contributed by atoms with Gasteiger partial charge in [0.05, 0.1) is 17.8 Å². The summed E-state index contributed by atoms with van der Waals surface area (Å²) in [6.07, 6.45) is 6.65. The van der Waals surface area contributed by atoms with Crippen LogP contribution < -0.4 is 5.01 Å². The fraction of sp³-hybridized carbons (Fsp3) is 0.235. The molecule has 0 saturated carbocycles. The van der Waals surface area contributed by atoms with Crippen molar-refractivity contribution in [3.63, 3.8) is 0 Å². The molecule has 1 aromatic carbocycles. The van der Waals surface area contributed by atoms with Crippen LogP contribution in [0.5, 0.6) is 0 Å². The van der Waals surface area contributed by atoms with Crippen LogP contribution in [0.2, 0.25) is 0 Å². The van der Waals surface area contributed by atoms with E-state index in [-0.39, 0.29) is 6.61 Å². The number of pyridine rings is 1. The molecule has 0 unspecified atom stereocenters. The number of para-hydroxylation sites is 1. The minimum absolute atomic E-state index is 0.0455. The number of aromatic nitrogens is 2. The fourth-order valence-corrected chi connectivity index (χ4v) is 2.65. The standard InChI is InChI=1S/C17H19N3O/c1-2-11-19(15-7-9-18-10-8-15)20-12-14(13-21)16-5-3-4-6-17(16)20/h3-10,12,21H,2,11,13H2,1H3. The van der Waals surface area contributed by atoms with Crippen LogP contribution >= 0.6 is 0 Å². The third kappa shape index (κ3) is 2.50. The molecular weight excluding hydrogens is 262 g/mol. The molecule has 1 N–H and O–H groups in total. The Morgan fingerprint density at radius 1 is 1.14 bits per heavy atom. The molecule has 108 valence electrons. The van der Waals surface area contributed by atoms with E-state index in [0.717, 1.165) is 35.1 Å². The van der Waals surface area contributed by atoms with Gasteiger partial charge in [0.2, 0.25) is 0 Å². The van der Waals surface area contributed by atoms with E-state index in [4.69, 9.17) is 0 Å². The summed E-state index contributed by atoms with van der Waals surface area (Å²) in [4.78, 5) is 4.09. The van der Waals surface area contributed by atoms with E-state index in [9.17, 15) is 5.11 Å². The summed E-state index contributed by atoms with van der Waals surface area (Å²) in [7, 11) is 0. The first kappa shape index (κ1) is 13.6. The Balaban J connectivity index is 2.16. The lowest BCUT2D eigenvalue weighted by molar-refractivity contribution is 0.283. The van der Waals surface area contributed by atoms with E-state index in [2.05, 4.69) is 27.7 Å². The van der Waals surface area contributed by atoms with Crippen molar-refractivity contribution in [2.75, 3.05) is 11.6 Å². The van der Waals surface area contributed by atoms with E-state index >= 15 is 0 Å². The molecule has 0 fully saturated rings. The summed E-state index contributed by atoms with van der Waals surface area (Å²) >= 11 is 0. The molecule has 2 aromatic heterocycles. The van der Waals surface area contributed by atoms with E-state index in [1.165, 1.54) is 0 Å². The molecule has 3 aromatic rings. The monoisotopic (exact) mass is 281 g/mol. The normalized spacial score (nSPS) is 11.0. The van der Waals surface area contributed by atoms with Crippen molar-refractivity contribution < 1.29 is 5.11 Å². The lowest BCUT2D eigenvalue weighted by atomic mass is 10.2. The quantitative estimate of drug-likeness (QED) is 0.780. The van der Waals surface area contributed by atoms with Crippen molar-refractivity contribution in [3.05, 3.63) is 60.6 Å². The molecule has 0 bridgehead atoms. The number of fused-ring (bicyclic) bond motifs is 1. The highest BCUT2D eigenvalue weighted by Gasteiger charge is 2.13. The summed E-state index contributed by atoms with van der Waals surface area (Å²) in [5.74, 6) is 0. The Kier molecular flexibility index (Phi) is 3.88. The van der Waals surface area contributed by atoms with Crippen molar-refractivity contribution in [3.8, 4) is 0 Å². The zero-order chi connectivity index (χ0) is 14.7. The first-order chi connectivity index (χ1) is 10.3. The van der Waals surface area contributed by atoms with Crippen LogP contribution in [0.25, 0.3) is 10.9 Å². The molecule has 0 amide bonds. The zero-order valence-corrected chi connectivity index (χ0v) is 12.1. The Labute approximate surface area is 124 Å². The average molecular weight is 281 g/mol. The number of hydrogen-bond donors (Lipinski definition) is 1. The highest BCUT2D eigenvalue weighted by atomic mass is 16.3. The highest BCUT2D eigenvalue weighted by molar-refractivity contribution is 5.84. The van der Waals surface area contributed by atoms with Gasteiger partial charge in [-0.1, -0.05) is 25.1 Å². The van der Waals surface area contributed by atoms with Crippen LogP contribution in [0.4, 0.5) is 5.69 Å². The van der Waals surface area contributed by atoms with Gasteiger partial charge in [-0.2, -0.15) is 0 Å². The van der Waals surface area contributed by atoms with Crippen LogP contribution in [-0.2, 0) is 6.61 Å². The maximum absolute atomic E-state index is 9.59. The van der Waals surface area contributed by atoms with E-state index in [1.54, 1.807) is 12.4 Å². The molecule has 0 spiro atoms. The lowest BCUT2D eigenvalue weighted by Gasteiger charge is -2.26. The lowest BCUT2D eigenvalue weighted by Crippen LogP contribution is -2.29. The van der Waals surface area contributed by atoms with Crippen LogP contribution in [-0.4, -0.2) is 21.3 Å². The van der Waals surface area contributed by atoms with Crippen molar-refractivity contribution in [2.45, 2.75) is 20.0 Å². The second-order valence-electron chi connectivity index (χ2n) is 5.00. The van der Waals surface area contributed by atoms with Crippen LogP contribution in [0.1, 0.15) is 18.9 Å². The molecular formula is C17H19N3O. The van der Waals surface area contributed by atoms with Gasteiger partial charge in [0, 0.05) is 36.1 Å². The van der Waals surface area contributed by atoms with Gasteiger partial charge in [-0.05, 0) is 24.6 Å². The predicted octanol–water partition coefficient (Wildman–Crippen LogP) is 3.21. The summed E-state index contributed by atoms with van der Waals surface area (Å²) in [6.45, 7) is 3.10. The minimum Gasteiger partial charge on any atom is -0.392 e. The van der Waals surface area contributed by atoms with Gasteiger partial charge < -0.3 is 5.11 Å². The van der Waals surface area contributed by atoms with E-state index < -0.39 is 0 Å². The SMILES string of the molecule is CCCN(c1ccncc1)n1cc(CO)c2ccccc21.